The van der Waals surface area contributed by atoms with Crippen LogP contribution in [0.3, 0.4) is 0 Å². The van der Waals surface area contributed by atoms with E-state index in [-0.39, 0.29) is 10.7 Å². The topological polar surface area (TPSA) is 89.8 Å². The molecule has 0 radical (unpaired) electrons. The predicted octanol–water partition coefficient (Wildman–Crippen LogP) is 1.19. The highest BCUT2D eigenvalue weighted by Gasteiger charge is 2.15. The summed E-state index contributed by atoms with van der Waals surface area (Å²) in [6.45, 7) is 5.10. The van der Waals surface area contributed by atoms with Crippen LogP contribution in [0.25, 0.3) is 0 Å². The second kappa shape index (κ2) is 4.57. The van der Waals surface area contributed by atoms with E-state index in [9.17, 15) is 0 Å². The molecule has 0 saturated heterocycles. The fourth-order valence-corrected chi connectivity index (χ4v) is 1.17. The first-order valence-electron chi connectivity index (χ1n) is 4.62. The number of thioether (sulfide) groups is 1. The van der Waals surface area contributed by atoms with E-state index >= 15 is 0 Å². The number of hydrogen-bond donors (Lipinski definition) is 3. The molecular formula is C9H17N5S. The van der Waals surface area contributed by atoms with Crippen LogP contribution in [0.2, 0.25) is 0 Å². The minimum absolute atomic E-state index is 0.147. The van der Waals surface area contributed by atoms with Crippen molar-refractivity contribution in [3.8, 4) is 0 Å². The standard InChI is InChI=1S/C9H17N5S/c1-9(2,15-3)5-12-7-4-6(10)13-8(11)14-7/h4H,5H2,1-3H3,(H5,10,11,12,13,14). The molecule has 0 aromatic carbocycles. The maximum atomic E-state index is 5.55. The molecule has 0 atom stereocenters. The van der Waals surface area contributed by atoms with E-state index in [0.29, 0.717) is 11.6 Å². The number of nitrogens with zero attached hydrogens (tertiary/aromatic N) is 2. The molecule has 5 N–H and O–H groups in total. The van der Waals surface area contributed by atoms with E-state index in [2.05, 4.69) is 35.4 Å². The predicted molar refractivity (Wildman–Crippen MR) is 66.9 cm³/mol. The van der Waals surface area contributed by atoms with E-state index in [0.717, 1.165) is 6.54 Å². The van der Waals surface area contributed by atoms with Crippen molar-refractivity contribution in [3.05, 3.63) is 6.07 Å². The van der Waals surface area contributed by atoms with Gasteiger partial charge in [0.1, 0.15) is 11.6 Å². The highest BCUT2D eigenvalue weighted by Crippen LogP contribution is 2.21. The van der Waals surface area contributed by atoms with Gasteiger partial charge in [-0.25, -0.2) is 0 Å². The third kappa shape index (κ3) is 3.83. The molecular weight excluding hydrogens is 210 g/mol. The van der Waals surface area contributed by atoms with Gasteiger partial charge in [-0.05, 0) is 20.1 Å². The van der Waals surface area contributed by atoms with Gasteiger partial charge in [-0.2, -0.15) is 21.7 Å². The molecule has 6 heteroatoms. The van der Waals surface area contributed by atoms with Crippen LogP contribution in [-0.4, -0.2) is 27.5 Å². The molecule has 15 heavy (non-hydrogen) atoms. The van der Waals surface area contributed by atoms with Gasteiger partial charge in [-0.1, -0.05) is 0 Å². The maximum Gasteiger partial charge on any atom is 0.223 e. The van der Waals surface area contributed by atoms with Crippen molar-refractivity contribution in [2.75, 3.05) is 29.6 Å². The Hall–Kier alpha value is -1.17. The lowest BCUT2D eigenvalue weighted by Crippen LogP contribution is -2.26. The van der Waals surface area contributed by atoms with Gasteiger partial charge in [-0.15, -0.1) is 0 Å². The zero-order chi connectivity index (χ0) is 11.5. The van der Waals surface area contributed by atoms with Crippen LogP contribution in [0.15, 0.2) is 6.07 Å². The number of nitrogen functional groups attached to an aromatic ring is 2. The Morgan fingerprint density at radius 2 is 2.07 bits per heavy atom. The van der Waals surface area contributed by atoms with Crippen molar-refractivity contribution in [2.24, 2.45) is 0 Å². The van der Waals surface area contributed by atoms with Crippen molar-refractivity contribution in [1.82, 2.24) is 9.97 Å². The number of hydrogen-bond acceptors (Lipinski definition) is 6. The highest BCUT2D eigenvalue weighted by molar-refractivity contribution is 7.99. The Kier molecular flexibility index (Phi) is 3.62. The molecule has 0 saturated carbocycles. The molecule has 0 spiro atoms. The quantitative estimate of drug-likeness (QED) is 0.716. The second-order valence-electron chi connectivity index (χ2n) is 3.85. The van der Waals surface area contributed by atoms with Crippen LogP contribution in [0.1, 0.15) is 13.8 Å². The lowest BCUT2D eigenvalue weighted by atomic mass is 10.2. The Bertz CT molecular complexity index is 319. The largest absolute Gasteiger partial charge is 0.383 e. The van der Waals surface area contributed by atoms with Gasteiger partial charge < -0.3 is 16.8 Å². The van der Waals surface area contributed by atoms with Crippen LogP contribution in [-0.2, 0) is 0 Å². The van der Waals surface area contributed by atoms with Crippen molar-refractivity contribution in [3.63, 3.8) is 0 Å². The Balaban J connectivity index is 2.65. The SMILES string of the molecule is CSC(C)(C)CNc1cc(N)nc(N)n1. The number of nitrogens with two attached hydrogens (primary N) is 2. The van der Waals surface area contributed by atoms with Gasteiger partial charge in [0, 0.05) is 17.4 Å². The molecule has 0 unspecified atom stereocenters. The van der Waals surface area contributed by atoms with Crippen LogP contribution in [0, 0.1) is 0 Å². The Labute approximate surface area is 94.0 Å². The van der Waals surface area contributed by atoms with Crippen LogP contribution < -0.4 is 16.8 Å². The highest BCUT2D eigenvalue weighted by atomic mass is 32.2. The molecule has 0 amide bonds. The molecule has 0 aliphatic heterocycles. The number of nitrogens with one attached hydrogen (secondary N) is 1. The maximum absolute atomic E-state index is 5.55. The monoisotopic (exact) mass is 227 g/mol. The minimum atomic E-state index is 0.147. The first-order chi connectivity index (χ1) is 6.93. The zero-order valence-electron chi connectivity index (χ0n) is 9.24. The molecule has 1 heterocycles. The van der Waals surface area contributed by atoms with Gasteiger partial charge in [-0.3, -0.25) is 0 Å². The van der Waals surface area contributed by atoms with Gasteiger partial charge in [0.15, 0.2) is 0 Å². The van der Waals surface area contributed by atoms with Gasteiger partial charge in [0.2, 0.25) is 5.95 Å². The van der Waals surface area contributed by atoms with Gasteiger partial charge >= 0.3 is 0 Å². The first-order valence-corrected chi connectivity index (χ1v) is 5.84. The molecule has 1 aromatic rings. The lowest BCUT2D eigenvalue weighted by molar-refractivity contribution is 0.750. The summed E-state index contributed by atoms with van der Waals surface area (Å²) < 4.78 is 0.147. The molecule has 0 bridgehead atoms. The Morgan fingerprint density at radius 3 is 2.60 bits per heavy atom. The summed E-state index contributed by atoms with van der Waals surface area (Å²) in [7, 11) is 0. The Morgan fingerprint density at radius 1 is 1.40 bits per heavy atom. The molecule has 0 fully saturated rings. The second-order valence-corrected chi connectivity index (χ2v) is 5.37. The van der Waals surface area contributed by atoms with Gasteiger partial charge in [0.25, 0.3) is 0 Å². The molecule has 0 aliphatic carbocycles. The van der Waals surface area contributed by atoms with Gasteiger partial charge in [0.05, 0.1) is 0 Å². The van der Waals surface area contributed by atoms with Crippen molar-refractivity contribution in [1.29, 1.82) is 0 Å². The average molecular weight is 227 g/mol. The van der Waals surface area contributed by atoms with Crippen molar-refractivity contribution >= 4 is 29.3 Å². The fourth-order valence-electron chi connectivity index (χ4n) is 0.951. The number of anilines is 3. The molecule has 5 nitrogen and oxygen atoms in total. The molecule has 1 rings (SSSR count). The molecule has 84 valence electrons. The summed E-state index contributed by atoms with van der Waals surface area (Å²) in [5.74, 6) is 1.24. The minimum Gasteiger partial charge on any atom is -0.383 e. The fraction of sp³-hybridized carbons (Fsp3) is 0.556. The van der Waals surface area contributed by atoms with Crippen LogP contribution >= 0.6 is 11.8 Å². The van der Waals surface area contributed by atoms with Crippen LogP contribution in [0.4, 0.5) is 17.6 Å². The van der Waals surface area contributed by atoms with Crippen molar-refractivity contribution in [2.45, 2.75) is 18.6 Å². The summed E-state index contributed by atoms with van der Waals surface area (Å²) in [4.78, 5) is 7.84. The van der Waals surface area contributed by atoms with Crippen LogP contribution in [0.5, 0.6) is 0 Å². The van der Waals surface area contributed by atoms with E-state index in [1.54, 1.807) is 17.8 Å². The van der Waals surface area contributed by atoms with E-state index in [1.807, 2.05) is 0 Å². The van der Waals surface area contributed by atoms with E-state index in [4.69, 9.17) is 11.5 Å². The number of rotatable bonds is 4. The van der Waals surface area contributed by atoms with Crippen molar-refractivity contribution < 1.29 is 0 Å². The average Bonchev–Trinajstić information content (AvgIpc) is 2.14. The number of aromatic nitrogens is 2. The zero-order valence-corrected chi connectivity index (χ0v) is 10.1. The van der Waals surface area contributed by atoms with E-state index in [1.165, 1.54) is 0 Å². The van der Waals surface area contributed by atoms with E-state index < -0.39 is 0 Å². The summed E-state index contributed by atoms with van der Waals surface area (Å²) in [6.07, 6.45) is 2.07. The normalized spacial score (nSPS) is 11.4. The third-order valence-corrected chi connectivity index (χ3v) is 3.26. The molecule has 1 aromatic heterocycles. The summed E-state index contributed by atoms with van der Waals surface area (Å²) in [6, 6.07) is 1.67. The summed E-state index contributed by atoms with van der Waals surface area (Å²) in [5.41, 5.74) is 11.0. The first kappa shape index (κ1) is 11.9. The third-order valence-electron chi connectivity index (χ3n) is 2.01. The molecule has 0 aliphatic rings. The summed E-state index contributed by atoms with van der Waals surface area (Å²) in [5, 5.41) is 3.19. The smallest absolute Gasteiger partial charge is 0.223 e. The summed E-state index contributed by atoms with van der Waals surface area (Å²) >= 11 is 1.79. The lowest BCUT2D eigenvalue weighted by Gasteiger charge is -2.22.